The van der Waals surface area contributed by atoms with Crippen molar-refractivity contribution >= 4 is 11.6 Å². The fourth-order valence-corrected chi connectivity index (χ4v) is 1.26. The van der Waals surface area contributed by atoms with Crippen LogP contribution in [0.3, 0.4) is 0 Å². The van der Waals surface area contributed by atoms with Crippen LogP contribution in [0.1, 0.15) is 19.3 Å². The van der Waals surface area contributed by atoms with Gasteiger partial charge in [-0.05, 0) is 19.3 Å². The Bertz CT molecular complexity index is 136. The van der Waals surface area contributed by atoms with E-state index < -0.39 is 0 Å². The zero-order valence-corrected chi connectivity index (χ0v) is 6.19. The van der Waals surface area contributed by atoms with Crippen molar-refractivity contribution in [2.24, 2.45) is 5.92 Å². The number of hydrogen-bond donors (Lipinski definition) is 0. The molecule has 1 unspecified atom stereocenters. The van der Waals surface area contributed by atoms with Crippen LogP contribution < -0.4 is 0 Å². The summed E-state index contributed by atoms with van der Waals surface area (Å²) >= 11 is 5.71. The van der Waals surface area contributed by atoms with E-state index in [-0.39, 0.29) is 0 Å². The lowest BCUT2D eigenvalue weighted by Gasteiger charge is -2.13. The molecule has 0 spiro atoms. The van der Waals surface area contributed by atoms with Gasteiger partial charge in [0.1, 0.15) is 0 Å². The van der Waals surface area contributed by atoms with E-state index in [1.165, 1.54) is 19.3 Å². The minimum atomic E-state index is 0.445. The molecule has 0 amide bonds. The highest BCUT2D eigenvalue weighted by atomic mass is 35.5. The molecule has 0 fully saturated rings. The lowest BCUT2D eigenvalue weighted by Crippen LogP contribution is -1.98. The van der Waals surface area contributed by atoms with Crippen molar-refractivity contribution in [2.75, 3.05) is 0 Å². The molecule has 1 rings (SSSR count). The first kappa shape index (κ1) is 6.88. The summed E-state index contributed by atoms with van der Waals surface area (Å²) in [6.07, 6.45) is 7.98. The van der Waals surface area contributed by atoms with Gasteiger partial charge < -0.3 is 0 Å². The lowest BCUT2D eigenvalue weighted by molar-refractivity contribution is 0.624. The summed E-state index contributed by atoms with van der Waals surface area (Å²) in [7, 11) is 0. The molecular weight excluding hydrogens is 132 g/mol. The maximum atomic E-state index is 5.71. The standard InChI is InChI=1S/C8H11Cl/c1-7(9)8-5-3-2-4-6-8/h3,5,8H,1-2,4,6H2. The Morgan fingerprint density at radius 2 is 2.44 bits per heavy atom. The first-order valence-electron chi connectivity index (χ1n) is 3.31. The summed E-state index contributed by atoms with van der Waals surface area (Å²) in [6.45, 7) is 3.69. The van der Waals surface area contributed by atoms with Gasteiger partial charge in [-0.15, -0.1) is 0 Å². The molecule has 9 heavy (non-hydrogen) atoms. The Hall–Kier alpha value is -0.230. The van der Waals surface area contributed by atoms with E-state index in [9.17, 15) is 0 Å². The molecular formula is C8H11Cl. The van der Waals surface area contributed by atoms with Crippen molar-refractivity contribution < 1.29 is 0 Å². The highest BCUT2D eigenvalue weighted by Crippen LogP contribution is 2.24. The predicted molar refractivity (Wildman–Crippen MR) is 41.5 cm³/mol. The second-order valence-corrected chi connectivity index (χ2v) is 2.90. The van der Waals surface area contributed by atoms with Crippen molar-refractivity contribution in [1.82, 2.24) is 0 Å². The molecule has 0 bridgehead atoms. The van der Waals surface area contributed by atoms with E-state index in [0.29, 0.717) is 5.92 Å². The summed E-state index contributed by atoms with van der Waals surface area (Å²) in [4.78, 5) is 0. The van der Waals surface area contributed by atoms with E-state index in [2.05, 4.69) is 18.7 Å². The van der Waals surface area contributed by atoms with Crippen LogP contribution in [0.25, 0.3) is 0 Å². The van der Waals surface area contributed by atoms with Crippen LogP contribution in [-0.4, -0.2) is 0 Å². The largest absolute Gasteiger partial charge is 0.0891 e. The highest BCUT2D eigenvalue weighted by molar-refractivity contribution is 6.29. The Kier molecular flexibility index (Phi) is 2.35. The van der Waals surface area contributed by atoms with E-state index in [1.807, 2.05) is 0 Å². The molecule has 0 aromatic carbocycles. The average Bonchev–Trinajstić information content (AvgIpc) is 1.90. The van der Waals surface area contributed by atoms with Gasteiger partial charge in [0, 0.05) is 11.0 Å². The molecule has 0 saturated heterocycles. The van der Waals surface area contributed by atoms with Gasteiger partial charge in [0.05, 0.1) is 0 Å². The van der Waals surface area contributed by atoms with Crippen molar-refractivity contribution in [2.45, 2.75) is 19.3 Å². The molecule has 0 radical (unpaired) electrons. The monoisotopic (exact) mass is 142 g/mol. The van der Waals surface area contributed by atoms with Gasteiger partial charge in [0.2, 0.25) is 0 Å². The average molecular weight is 143 g/mol. The number of rotatable bonds is 1. The molecule has 0 nitrogen and oxygen atoms in total. The van der Waals surface area contributed by atoms with Gasteiger partial charge in [-0.25, -0.2) is 0 Å². The zero-order chi connectivity index (χ0) is 6.69. The Balaban J connectivity index is 2.50. The van der Waals surface area contributed by atoms with Crippen molar-refractivity contribution in [1.29, 1.82) is 0 Å². The third-order valence-electron chi connectivity index (χ3n) is 1.66. The summed E-state index contributed by atoms with van der Waals surface area (Å²) in [5, 5.41) is 0.783. The maximum absolute atomic E-state index is 5.71. The fourth-order valence-electron chi connectivity index (χ4n) is 1.07. The molecule has 0 N–H and O–H groups in total. The fraction of sp³-hybridized carbons (Fsp3) is 0.500. The SMILES string of the molecule is C=C(Cl)C1C=CCCC1. The van der Waals surface area contributed by atoms with Crippen molar-refractivity contribution in [3.63, 3.8) is 0 Å². The van der Waals surface area contributed by atoms with Gasteiger partial charge >= 0.3 is 0 Å². The normalized spacial score (nSPS) is 26.1. The predicted octanol–water partition coefficient (Wildman–Crippen LogP) is 3.10. The van der Waals surface area contributed by atoms with Crippen LogP contribution in [-0.2, 0) is 0 Å². The second kappa shape index (κ2) is 3.07. The number of hydrogen-bond acceptors (Lipinski definition) is 0. The van der Waals surface area contributed by atoms with Gasteiger partial charge in [-0.3, -0.25) is 0 Å². The van der Waals surface area contributed by atoms with E-state index in [1.54, 1.807) is 0 Å². The van der Waals surface area contributed by atoms with Crippen LogP contribution in [0.5, 0.6) is 0 Å². The summed E-state index contributed by atoms with van der Waals surface area (Å²) < 4.78 is 0. The molecule has 50 valence electrons. The zero-order valence-electron chi connectivity index (χ0n) is 5.44. The van der Waals surface area contributed by atoms with Crippen LogP contribution >= 0.6 is 11.6 Å². The Labute approximate surface area is 61.2 Å². The summed E-state index contributed by atoms with van der Waals surface area (Å²) in [5.74, 6) is 0.445. The summed E-state index contributed by atoms with van der Waals surface area (Å²) in [6, 6.07) is 0. The summed E-state index contributed by atoms with van der Waals surface area (Å²) in [5.41, 5.74) is 0. The molecule has 1 aliphatic rings. The Morgan fingerprint density at radius 3 is 2.78 bits per heavy atom. The molecule has 0 aromatic heterocycles. The second-order valence-electron chi connectivity index (χ2n) is 2.41. The van der Waals surface area contributed by atoms with Crippen LogP contribution in [0.15, 0.2) is 23.8 Å². The quantitative estimate of drug-likeness (QED) is 0.494. The van der Waals surface area contributed by atoms with Gasteiger partial charge in [0.15, 0.2) is 0 Å². The van der Waals surface area contributed by atoms with Gasteiger partial charge in [-0.2, -0.15) is 0 Å². The first-order chi connectivity index (χ1) is 4.30. The molecule has 1 atom stereocenters. The molecule has 0 aromatic rings. The third-order valence-corrected chi connectivity index (χ3v) is 1.94. The third kappa shape index (κ3) is 1.87. The van der Waals surface area contributed by atoms with Gasteiger partial charge in [0.25, 0.3) is 0 Å². The van der Waals surface area contributed by atoms with Crippen LogP contribution in [0, 0.1) is 5.92 Å². The number of allylic oxidation sites excluding steroid dienone is 3. The van der Waals surface area contributed by atoms with Crippen molar-refractivity contribution in [3.05, 3.63) is 23.8 Å². The van der Waals surface area contributed by atoms with Crippen molar-refractivity contribution in [3.8, 4) is 0 Å². The minimum absolute atomic E-state index is 0.445. The topological polar surface area (TPSA) is 0 Å². The van der Waals surface area contributed by atoms with Gasteiger partial charge in [-0.1, -0.05) is 30.3 Å². The smallest absolute Gasteiger partial charge is 0.0177 e. The molecule has 0 aliphatic heterocycles. The van der Waals surface area contributed by atoms with Crippen LogP contribution in [0.4, 0.5) is 0 Å². The van der Waals surface area contributed by atoms with Crippen LogP contribution in [0.2, 0.25) is 0 Å². The maximum Gasteiger partial charge on any atom is 0.0177 e. The van der Waals surface area contributed by atoms with E-state index >= 15 is 0 Å². The molecule has 0 heterocycles. The first-order valence-corrected chi connectivity index (χ1v) is 3.69. The van der Waals surface area contributed by atoms with E-state index in [0.717, 1.165) is 5.03 Å². The minimum Gasteiger partial charge on any atom is -0.0891 e. The highest BCUT2D eigenvalue weighted by Gasteiger charge is 2.08. The molecule has 1 heteroatoms. The van der Waals surface area contributed by atoms with E-state index in [4.69, 9.17) is 11.6 Å². The number of halogens is 1. The Morgan fingerprint density at radius 1 is 1.67 bits per heavy atom. The lowest BCUT2D eigenvalue weighted by atomic mass is 9.96. The molecule has 1 aliphatic carbocycles. The molecule has 0 saturated carbocycles.